The van der Waals surface area contributed by atoms with E-state index in [2.05, 4.69) is 15.2 Å². The van der Waals surface area contributed by atoms with Crippen molar-refractivity contribution in [1.29, 1.82) is 0 Å². The number of fused-ring (bicyclic) bond motifs is 1. The molecule has 1 saturated heterocycles. The van der Waals surface area contributed by atoms with Crippen molar-refractivity contribution in [3.63, 3.8) is 0 Å². The fourth-order valence-electron chi connectivity index (χ4n) is 3.67. The smallest absolute Gasteiger partial charge is 0.254 e. The van der Waals surface area contributed by atoms with Crippen molar-refractivity contribution in [3.8, 4) is 0 Å². The van der Waals surface area contributed by atoms with Crippen molar-refractivity contribution in [2.45, 2.75) is 37.8 Å². The summed E-state index contributed by atoms with van der Waals surface area (Å²) >= 11 is 0. The summed E-state index contributed by atoms with van der Waals surface area (Å²) in [6.07, 6.45) is 4.05. The number of nitrogens with zero attached hydrogens (tertiary/aromatic N) is 2. The first-order chi connectivity index (χ1) is 11.6. The third-order valence-corrected chi connectivity index (χ3v) is 5.15. The van der Waals surface area contributed by atoms with E-state index in [1.165, 1.54) is 12.8 Å². The highest BCUT2D eigenvalue weighted by Gasteiger charge is 2.33. The average molecular weight is 334 g/mol. The van der Waals surface area contributed by atoms with Gasteiger partial charge in [0.25, 0.3) is 5.56 Å². The number of rotatable bonds is 4. The van der Waals surface area contributed by atoms with E-state index in [4.69, 9.17) is 9.72 Å². The SMILES string of the molecule is O=c1[nH]c(CC2CC2)nc2c1CCN(C[C@]1(O)CNCCOC1)C2. The lowest BCUT2D eigenvalue weighted by molar-refractivity contribution is -0.0513. The normalized spacial score (nSPS) is 28.4. The second kappa shape index (κ2) is 6.55. The van der Waals surface area contributed by atoms with Crippen molar-refractivity contribution in [2.75, 3.05) is 39.4 Å². The summed E-state index contributed by atoms with van der Waals surface area (Å²) < 4.78 is 5.50. The maximum absolute atomic E-state index is 12.3. The molecule has 3 aliphatic rings. The lowest BCUT2D eigenvalue weighted by atomic mass is 10.0. The Bertz CT molecular complexity index is 648. The van der Waals surface area contributed by atoms with E-state index >= 15 is 0 Å². The number of hydrogen-bond donors (Lipinski definition) is 3. The summed E-state index contributed by atoms with van der Waals surface area (Å²) in [5, 5.41) is 14.0. The van der Waals surface area contributed by atoms with Crippen LogP contribution in [-0.4, -0.2) is 65.0 Å². The first kappa shape index (κ1) is 16.2. The third kappa shape index (κ3) is 3.69. The number of aromatic amines is 1. The summed E-state index contributed by atoms with van der Waals surface area (Å²) in [5.74, 6) is 1.52. The first-order valence-corrected chi connectivity index (χ1v) is 8.95. The van der Waals surface area contributed by atoms with Crippen LogP contribution in [0, 0.1) is 5.92 Å². The van der Waals surface area contributed by atoms with Gasteiger partial charge in [-0.15, -0.1) is 0 Å². The first-order valence-electron chi connectivity index (χ1n) is 8.95. The largest absolute Gasteiger partial charge is 0.385 e. The van der Waals surface area contributed by atoms with Gasteiger partial charge in [0.1, 0.15) is 11.4 Å². The van der Waals surface area contributed by atoms with E-state index in [1.54, 1.807) is 0 Å². The van der Waals surface area contributed by atoms with Gasteiger partial charge in [-0.3, -0.25) is 9.69 Å². The van der Waals surface area contributed by atoms with Gasteiger partial charge in [-0.05, 0) is 25.2 Å². The molecule has 0 bridgehead atoms. The van der Waals surface area contributed by atoms with E-state index in [-0.39, 0.29) is 5.56 Å². The fourth-order valence-corrected chi connectivity index (χ4v) is 3.67. The molecule has 0 aromatic carbocycles. The number of aliphatic hydroxyl groups is 1. The van der Waals surface area contributed by atoms with E-state index in [9.17, 15) is 9.90 Å². The van der Waals surface area contributed by atoms with Crippen LogP contribution < -0.4 is 10.9 Å². The molecule has 2 aliphatic heterocycles. The predicted molar refractivity (Wildman–Crippen MR) is 88.9 cm³/mol. The molecule has 24 heavy (non-hydrogen) atoms. The highest BCUT2D eigenvalue weighted by atomic mass is 16.5. The van der Waals surface area contributed by atoms with Crippen molar-refractivity contribution in [2.24, 2.45) is 5.92 Å². The molecular formula is C17H26N4O3. The monoisotopic (exact) mass is 334 g/mol. The van der Waals surface area contributed by atoms with Crippen molar-refractivity contribution in [1.82, 2.24) is 20.2 Å². The molecule has 1 aromatic rings. The van der Waals surface area contributed by atoms with Gasteiger partial charge in [0, 0.05) is 44.7 Å². The minimum atomic E-state index is -0.883. The van der Waals surface area contributed by atoms with Gasteiger partial charge in [0.05, 0.1) is 18.9 Å². The molecule has 7 nitrogen and oxygen atoms in total. The van der Waals surface area contributed by atoms with Crippen LogP contribution in [0.15, 0.2) is 4.79 Å². The molecule has 2 fully saturated rings. The number of hydrogen-bond acceptors (Lipinski definition) is 6. The Labute approximate surface area is 141 Å². The van der Waals surface area contributed by atoms with Gasteiger partial charge < -0.3 is 20.1 Å². The molecule has 1 saturated carbocycles. The lowest BCUT2D eigenvalue weighted by Gasteiger charge is -2.35. The molecule has 4 rings (SSSR count). The minimum absolute atomic E-state index is 0.0217. The van der Waals surface area contributed by atoms with Crippen LogP contribution in [0.5, 0.6) is 0 Å². The van der Waals surface area contributed by atoms with E-state index in [0.717, 1.165) is 36.6 Å². The quantitative estimate of drug-likeness (QED) is 0.683. The molecule has 1 aliphatic carbocycles. The zero-order valence-electron chi connectivity index (χ0n) is 14.0. The van der Waals surface area contributed by atoms with Crippen LogP contribution in [0.3, 0.4) is 0 Å². The number of H-pyrrole nitrogens is 1. The highest BCUT2D eigenvalue weighted by molar-refractivity contribution is 5.21. The summed E-state index contributed by atoms with van der Waals surface area (Å²) in [7, 11) is 0. The van der Waals surface area contributed by atoms with Crippen LogP contribution in [0.1, 0.15) is 29.9 Å². The summed E-state index contributed by atoms with van der Waals surface area (Å²) in [4.78, 5) is 22.2. The Morgan fingerprint density at radius 3 is 3.12 bits per heavy atom. The maximum atomic E-state index is 12.3. The molecule has 0 radical (unpaired) electrons. The van der Waals surface area contributed by atoms with Gasteiger partial charge in [-0.25, -0.2) is 4.98 Å². The number of ether oxygens (including phenoxy) is 1. The van der Waals surface area contributed by atoms with E-state index < -0.39 is 5.60 Å². The van der Waals surface area contributed by atoms with Crippen molar-refractivity contribution >= 4 is 0 Å². The molecule has 0 amide bonds. The Kier molecular flexibility index (Phi) is 4.42. The number of aromatic nitrogens is 2. The topological polar surface area (TPSA) is 90.5 Å². The Hall–Kier alpha value is -1.28. The third-order valence-electron chi connectivity index (χ3n) is 5.15. The molecule has 132 valence electrons. The zero-order valence-corrected chi connectivity index (χ0v) is 14.0. The molecule has 3 heterocycles. The average Bonchev–Trinajstić information content (AvgIpc) is 3.35. The van der Waals surface area contributed by atoms with Crippen LogP contribution in [0.25, 0.3) is 0 Å². The van der Waals surface area contributed by atoms with Crippen LogP contribution >= 0.6 is 0 Å². The van der Waals surface area contributed by atoms with Gasteiger partial charge >= 0.3 is 0 Å². The minimum Gasteiger partial charge on any atom is -0.385 e. The summed E-state index contributed by atoms with van der Waals surface area (Å²) in [5.41, 5.74) is 0.833. The van der Waals surface area contributed by atoms with Gasteiger partial charge in [-0.1, -0.05) is 0 Å². The Balaban J connectivity index is 1.47. The summed E-state index contributed by atoms with van der Waals surface area (Å²) in [6, 6.07) is 0. The second-order valence-corrected chi connectivity index (χ2v) is 7.50. The van der Waals surface area contributed by atoms with E-state index in [0.29, 0.717) is 45.2 Å². The molecule has 7 heteroatoms. The van der Waals surface area contributed by atoms with Crippen molar-refractivity contribution in [3.05, 3.63) is 27.4 Å². The van der Waals surface area contributed by atoms with Gasteiger partial charge in [-0.2, -0.15) is 0 Å². The molecule has 1 atom stereocenters. The highest BCUT2D eigenvalue weighted by Crippen LogP contribution is 2.31. The molecule has 1 aromatic heterocycles. The van der Waals surface area contributed by atoms with Crippen LogP contribution in [0.2, 0.25) is 0 Å². The number of β-amino-alcohol motifs (C(OH)–C–C–N with tert-alkyl or cyclic N) is 1. The fraction of sp³-hybridized carbons (Fsp3) is 0.765. The Morgan fingerprint density at radius 2 is 2.29 bits per heavy atom. The van der Waals surface area contributed by atoms with E-state index in [1.807, 2.05) is 0 Å². The Morgan fingerprint density at radius 1 is 1.42 bits per heavy atom. The second-order valence-electron chi connectivity index (χ2n) is 7.50. The molecule has 3 N–H and O–H groups in total. The zero-order chi connectivity index (χ0) is 16.6. The maximum Gasteiger partial charge on any atom is 0.254 e. The molecular weight excluding hydrogens is 308 g/mol. The molecule has 0 spiro atoms. The molecule has 0 unspecified atom stereocenters. The van der Waals surface area contributed by atoms with Gasteiger partial charge in [0.2, 0.25) is 0 Å². The number of nitrogens with one attached hydrogen (secondary N) is 2. The summed E-state index contributed by atoms with van der Waals surface area (Å²) in [6.45, 7) is 4.21. The standard InChI is InChI=1S/C17H26N4O3/c22-16-13-3-5-21(10-17(23)9-18-4-6-24-11-17)8-14(13)19-15(20-16)7-12-1-2-12/h12,18,23H,1-11H2,(H,19,20,22)/t17-/m1/s1. The predicted octanol–water partition coefficient (Wildman–Crippen LogP) is -0.569. The van der Waals surface area contributed by atoms with Crippen molar-refractivity contribution < 1.29 is 9.84 Å². The van der Waals surface area contributed by atoms with Crippen LogP contribution in [0.4, 0.5) is 0 Å². The van der Waals surface area contributed by atoms with Gasteiger partial charge in [0.15, 0.2) is 0 Å². The van der Waals surface area contributed by atoms with Crippen LogP contribution in [-0.2, 0) is 24.1 Å². The lowest BCUT2D eigenvalue weighted by Crippen LogP contribution is -2.52.